The molecule has 1 rings (SSSR count). The number of hydrogen-bond donors (Lipinski definition) is 2. The molecule has 0 bridgehead atoms. The summed E-state index contributed by atoms with van der Waals surface area (Å²) in [5.41, 5.74) is 7.17. The van der Waals surface area contributed by atoms with Crippen molar-refractivity contribution in [3.63, 3.8) is 0 Å². The van der Waals surface area contributed by atoms with Gasteiger partial charge in [0.25, 0.3) is 0 Å². The molecule has 3 N–H and O–H groups in total. The van der Waals surface area contributed by atoms with Crippen molar-refractivity contribution in [3.05, 3.63) is 23.4 Å². The molecule has 1 aromatic rings. The Morgan fingerprint density at radius 1 is 1.70 bits per heavy atom. The maximum absolute atomic E-state index is 6.98. The molecule has 0 aliphatic rings. The van der Waals surface area contributed by atoms with E-state index >= 15 is 0 Å². The first kappa shape index (κ1) is 6.74. The molecule has 10 heavy (non-hydrogen) atoms. The Kier molecular flexibility index (Phi) is 1.67. The van der Waals surface area contributed by atoms with Crippen LogP contribution >= 0.6 is 0 Å². The third-order valence-electron chi connectivity index (χ3n) is 1.38. The fourth-order valence-electron chi connectivity index (χ4n) is 0.778. The minimum Gasteiger partial charge on any atom is -0.383 e. The molecule has 0 unspecified atom stereocenters. The van der Waals surface area contributed by atoms with Gasteiger partial charge in [-0.05, 0) is 18.6 Å². The van der Waals surface area contributed by atoms with E-state index in [4.69, 9.17) is 11.1 Å². The summed E-state index contributed by atoms with van der Waals surface area (Å²) >= 11 is 0. The van der Waals surface area contributed by atoms with Gasteiger partial charge in [0.2, 0.25) is 0 Å². The third kappa shape index (κ3) is 0.978. The smallest absolute Gasteiger partial charge is 0.132 e. The van der Waals surface area contributed by atoms with Crippen LogP contribution in [0, 0.1) is 12.3 Å². The van der Waals surface area contributed by atoms with Crippen LogP contribution in [0.25, 0.3) is 0 Å². The van der Waals surface area contributed by atoms with Gasteiger partial charge in [-0.2, -0.15) is 0 Å². The Bertz CT molecular complexity index is 235. The summed E-state index contributed by atoms with van der Waals surface area (Å²) in [6.07, 6.45) is 2.86. The van der Waals surface area contributed by atoms with Crippen molar-refractivity contribution < 1.29 is 0 Å². The Morgan fingerprint density at radius 2 is 2.40 bits per heavy atom. The van der Waals surface area contributed by atoms with Crippen LogP contribution < -0.4 is 5.73 Å². The zero-order valence-corrected chi connectivity index (χ0v) is 5.76. The van der Waals surface area contributed by atoms with Crippen molar-refractivity contribution in [2.45, 2.75) is 6.92 Å². The first-order valence-electron chi connectivity index (χ1n) is 2.97. The largest absolute Gasteiger partial charge is 0.383 e. The molecule has 0 fully saturated rings. The molecule has 0 aliphatic carbocycles. The van der Waals surface area contributed by atoms with Crippen molar-refractivity contribution in [1.82, 2.24) is 4.98 Å². The lowest BCUT2D eigenvalue weighted by Gasteiger charge is -1.99. The van der Waals surface area contributed by atoms with Gasteiger partial charge in [0.1, 0.15) is 5.82 Å². The summed E-state index contributed by atoms with van der Waals surface area (Å²) in [6, 6.07) is 1.83. The number of aryl methyl sites for hydroxylation is 1. The van der Waals surface area contributed by atoms with E-state index < -0.39 is 0 Å². The zero-order chi connectivity index (χ0) is 7.56. The molecule has 0 aromatic carbocycles. The Labute approximate surface area is 59.4 Å². The minimum atomic E-state index is 0.426. The van der Waals surface area contributed by atoms with Crippen LogP contribution in [0.1, 0.15) is 11.1 Å². The first-order chi connectivity index (χ1) is 4.75. The molecule has 1 aromatic heterocycles. The van der Waals surface area contributed by atoms with Crippen LogP contribution in [0.4, 0.5) is 5.82 Å². The lowest BCUT2D eigenvalue weighted by molar-refractivity contribution is 1.28. The Hall–Kier alpha value is -1.38. The summed E-state index contributed by atoms with van der Waals surface area (Å²) in [6.45, 7) is 1.90. The topological polar surface area (TPSA) is 62.8 Å². The van der Waals surface area contributed by atoms with Gasteiger partial charge in [0, 0.05) is 18.0 Å². The summed E-state index contributed by atoms with van der Waals surface area (Å²) < 4.78 is 0. The monoisotopic (exact) mass is 135 g/mol. The number of nitrogen functional groups attached to an aromatic ring is 1. The van der Waals surface area contributed by atoms with Crippen molar-refractivity contribution in [3.8, 4) is 0 Å². The highest BCUT2D eigenvalue weighted by Gasteiger charge is 1.97. The van der Waals surface area contributed by atoms with E-state index in [2.05, 4.69) is 4.98 Å². The molecule has 52 valence electrons. The molecule has 0 radical (unpaired) electrons. The fraction of sp³-hybridized carbons (Fsp3) is 0.143. The number of anilines is 1. The van der Waals surface area contributed by atoms with Gasteiger partial charge >= 0.3 is 0 Å². The lowest BCUT2D eigenvalue weighted by Crippen LogP contribution is -1.97. The van der Waals surface area contributed by atoms with E-state index in [1.54, 1.807) is 6.20 Å². The Balaban J connectivity index is 3.30. The number of aromatic nitrogens is 1. The molecule has 0 saturated heterocycles. The average Bonchev–Trinajstić information content (AvgIpc) is 1.88. The van der Waals surface area contributed by atoms with Crippen LogP contribution in [0.5, 0.6) is 0 Å². The van der Waals surface area contributed by atoms with Gasteiger partial charge < -0.3 is 11.1 Å². The molecule has 0 atom stereocenters. The molecular weight excluding hydrogens is 126 g/mol. The highest BCUT2D eigenvalue weighted by Crippen LogP contribution is 2.09. The van der Waals surface area contributed by atoms with E-state index in [1.165, 1.54) is 6.21 Å². The first-order valence-corrected chi connectivity index (χ1v) is 2.97. The van der Waals surface area contributed by atoms with Gasteiger partial charge in [0.05, 0.1) is 0 Å². The maximum Gasteiger partial charge on any atom is 0.132 e. The maximum atomic E-state index is 6.98. The van der Waals surface area contributed by atoms with E-state index in [1.807, 2.05) is 13.0 Å². The van der Waals surface area contributed by atoms with Gasteiger partial charge in [-0.15, -0.1) is 0 Å². The SMILES string of the molecule is Cc1ccnc(N)c1C=N. The predicted molar refractivity (Wildman–Crippen MR) is 41.3 cm³/mol. The Morgan fingerprint density at radius 3 is 2.80 bits per heavy atom. The highest BCUT2D eigenvalue weighted by molar-refractivity contribution is 5.85. The van der Waals surface area contributed by atoms with Gasteiger partial charge in [-0.25, -0.2) is 4.98 Å². The summed E-state index contributed by atoms with van der Waals surface area (Å²) in [4.78, 5) is 3.84. The van der Waals surface area contributed by atoms with Crippen molar-refractivity contribution in [2.24, 2.45) is 0 Å². The molecule has 0 saturated carbocycles. The second-order valence-corrected chi connectivity index (χ2v) is 2.07. The molecule has 3 nitrogen and oxygen atoms in total. The third-order valence-corrected chi connectivity index (χ3v) is 1.38. The van der Waals surface area contributed by atoms with E-state index in [-0.39, 0.29) is 0 Å². The number of hydrogen-bond acceptors (Lipinski definition) is 3. The van der Waals surface area contributed by atoms with Crippen LogP contribution in [0.3, 0.4) is 0 Å². The summed E-state index contributed by atoms with van der Waals surface area (Å²) in [5.74, 6) is 0.426. The van der Waals surface area contributed by atoms with Gasteiger partial charge in [-0.3, -0.25) is 0 Å². The summed E-state index contributed by atoms with van der Waals surface area (Å²) in [7, 11) is 0. The highest BCUT2D eigenvalue weighted by atomic mass is 14.8. The number of pyridine rings is 1. The van der Waals surface area contributed by atoms with Crippen LogP contribution in [-0.2, 0) is 0 Å². The number of rotatable bonds is 1. The molecule has 1 heterocycles. The molecule has 0 aliphatic heterocycles. The van der Waals surface area contributed by atoms with Crippen LogP contribution in [0.2, 0.25) is 0 Å². The standard InChI is InChI=1S/C7H9N3/c1-5-2-3-10-7(9)6(5)4-8/h2-4,8H,1H3,(H2,9,10). The average molecular weight is 135 g/mol. The second kappa shape index (κ2) is 2.47. The quantitative estimate of drug-likeness (QED) is 0.563. The summed E-state index contributed by atoms with van der Waals surface area (Å²) in [5, 5.41) is 6.98. The number of nitrogens with zero attached hydrogens (tertiary/aromatic N) is 1. The normalized spacial score (nSPS) is 9.30. The van der Waals surface area contributed by atoms with Gasteiger partial charge in [-0.1, -0.05) is 0 Å². The molecule has 0 amide bonds. The molecular formula is C7H9N3. The van der Waals surface area contributed by atoms with E-state index in [0.29, 0.717) is 11.4 Å². The second-order valence-electron chi connectivity index (χ2n) is 2.07. The van der Waals surface area contributed by atoms with Crippen molar-refractivity contribution in [1.29, 1.82) is 5.41 Å². The predicted octanol–water partition coefficient (Wildman–Crippen LogP) is 0.970. The fourth-order valence-corrected chi connectivity index (χ4v) is 0.778. The van der Waals surface area contributed by atoms with Crippen LogP contribution in [0.15, 0.2) is 12.3 Å². The zero-order valence-electron chi connectivity index (χ0n) is 5.76. The minimum absolute atomic E-state index is 0.426. The van der Waals surface area contributed by atoms with Crippen molar-refractivity contribution in [2.75, 3.05) is 5.73 Å². The van der Waals surface area contributed by atoms with Gasteiger partial charge in [0.15, 0.2) is 0 Å². The lowest BCUT2D eigenvalue weighted by atomic mass is 10.1. The molecule has 3 heteroatoms. The number of nitrogens with one attached hydrogen (secondary N) is 1. The number of nitrogens with two attached hydrogens (primary N) is 1. The molecule has 0 spiro atoms. The van der Waals surface area contributed by atoms with Crippen molar-refractivity contribution >= 4 is 12.0 Å². The van der Waals surface area contributed by atoms with E-state index in [0.717, 1.165) is 5.56 Å². The van der Waals surface area contributed by atoms with Crippen LogP contribution in [-0.4, -0.2) is 11.2 Å². The van der Waals surface area contributed by atoms with E-state index in [9.17, 15) is 0 Å².